The highest BCUT2D eigenvalue weighted by Crippen LogP contribution is 2.31. The van der Waals surface area contributed by atoms with Gasteiger partial charge < -0.3 is 14.6 Å². The number of amides is 1. The van der Waals surface area contributed by atoms with Crippen molar-refractivity contribution in [2.24, 2.45) is 0 Å². The first-order valence-electron chi connectivity index (χ1n) is 11.9. The minimum absolute atomic E-state index is 0.180. The molecule has 1 fully saturated rings. The van der Waals surface area contributed by atoms with Gasteiger partial charge in [-0.3, -0.25) is 9.69 Å². The zero-order valence-corrected chi connectivity index (χ0v) is 20.6. The summed E-state index contributed by atoms with van der Waals surface area (Å²) in [5.74, 6) is 0.747. The predicted octanol–water partition coefficient (Wildman–Crippen LogP) is 4.46. The van der Waals surface area contributed by atoms with Crippen LogP contribution >= 0.6 is 11.8 Å². The normalized spacial score (nSPS) is 15.3. The van der Waals surface area contributed by atoms with Crippen LogP contribution in [0.3, 0.4) is 0 Å². The molecule has 0 saturated carbocycles. The molecule has 0 radical (unpaired) electrons. The van der Waals surface area contributed by atoms with Gasteiger partial charge in [0.2, 0.25) is 0 Å². The highest BCUT2D eigenvalue weighted by molar-refractivity contribution is 7.98. The molecule has 1 aliphatic heterocycles. The molecule has 1 unspecified atom stereocenters. The van der Waals surface area contributed by atoms with Gasteiger partial charge in [-0.1, -0.05) is 48.2 Å². The maximum Gasteiger partial charge on any atom is 0.287 e. The Morgan fingerprint density at radius 3 is 2.49 bits per heavy atom. The van der Waals surface area contributed by atoms with Crippen molar-refractivity contribution in [1.82, 2.24) is 20.2 Å². The molecule has 1 atom stereocenters. The van der Waals surface area contributed by atoms with E-state index >= 15 is 0 Å². The fourth-order valence-electron chi connectivity index (χ4n) is 4.43. The molecule has 0 aliphatic carbocycles. The summed E-state index contributed by atoms with van der Waals surface area (Å²) >= 11 is 1.49. The number of piperazine rings is 1. The van der Waals surface area contributed by atoms with Gasteiger partial charge in [0, 0.05) is 73.5 Å². The minimum atomic E-state index is -0.180. The topological polar surface area (TPSA) is 74.5 Å². The number of nitrogens with zero attached hydrogens (tertiary/aromatic N) is 4. The molecule has 2 aromatic heterocycles. The van der Waals surface area contributed by atoms with Gasteiger partial charge >= 0.3 is 0 Å². The molecular formula is C27H29N5O2S. The number of thioether (sulfide) groups is 1. The van der Waals surface area contributed by atoms with Gasteiger partial charge in [-0.2, -0.15) is 0 Å². The summed E-state index contributed by atoms with van der Waals surface area (Å²) in [6.45, 7) is 6.63. The van der Waals surface area contributed by atoms with Gasteiger partial charge in [0.05, 0.1) is 0 Å². The van der Waals surface area contributed by atoms with E-state index in [4.69, 9.17) is 4.42 Å². The Balaban J connectivity index is 1.21. The molecule has 1 amide bonds. The van der Waals surface area contributed by atoms with Crippen molar-refractivity contribution in [3.05, 3.63) is 84.4 Å². The highest BCUT2D eigenvalue weighted by Gasteiger charge is 2.24. The van der Waals surface area contributed by atoms with Gasteiger partial charge in [0.25, 0.3) is 5.91 Å². The molecule has 2 aromatic carbocycles. The lowest BCUT2D eigenvalue weighted by Gasteiger charge is -2.39. The van der Waals surface area contributed by atoms with Gasteiger partial charge in [0.1, 0.15) is 5.58 Å². The first-order chi connectivity index (χ1) is 17.2. The maximum absolute atomic E-state index is 13.2. The first kappa shape index (κ1) is 23.4. The number of aromatic nitrogens is 2. The van der Waals surface area contributed by atoms with E-state index < -0.39 is 0 Å². The second kappa shape index (κ2) is 10.9. The fraction of sp³-hybridized carbons (Fsp3) is 0.296. The number of carbonyl (C=O) groups excluding carboxylic acids is 1. The van der Waals surface area contributed by atoms with Crippen LogP contribution in [0.2, 0.25) is 0 Å². The lowest BCUT2D eigenvalue weighted by molar-refractivity contribution is 0.0908. The summed E-state index contributed by atoms with van der Waals surface area (Å²) in [6, 6.07) is 20.3. The van der Waals surface area contributed by atoms with Gasteiger partial charge in [-0.25, -0.2) is 9.97 Å². The predicted molar refractivity (Wildman–Crippen MR) is 140 cm³/mol. The smallest absolute Gasteiger partial charge is 0.287 e. The fourth-order valence-corrected chi connectivity index (χ4v) is 5.26. The molecule has 1 saturated heterocycles. The van der Waals surface area contributed by atoms with E-state index in [0.29, 0.717) is 28.8 Å². The number of hydrogen-bond acceptors (Lipinski definition) is 7. The number of hydrogen-bond donors (Lipinski definition) is 1. The summed E-state index contributed by atoms with van der Waals surface area (Å²) < 4.78 is 6.00. The average Bonchev–Trinajstić information content (AvgIpc) is 3.30. The van der Waals surface area contributed by atoms with Crippen molar-refractivity contribution in [3.63, 3.8) is 0 Å². The molecule has 180 valence electrons. The Kier molecular flexibility index (Phi) is 7.30. The van der Waals surface area contributed by atoms with Gasteiger partial charge in [-0.05, 0) is 31.2 Å². The standard InChI is InChI=1S/C27H29N5O2S/c1-20(31-14-16-32(17-15-31)21-8-3-2-4-9-21)18-30-26(33)25-23(19-35-27-28-12-7-13-29-27)22-10-5-6-11-24(22)34-25/h2-13,20H,14-19H2,1H3,(H,30,33). The van der Waals surface area contributed by atoms with E-state index in [-0.39, 0.29) is 11.9 Å². The number of fused-ring (bicyclic) bond motifs is 1. The number of furan rings is 1. The van der Waals surface area contributed by atoms with Crippen LogP contribution in [0.5, 0.6) is 0 Å². The first-order valence-corrected chi connectivity index (χ1v) is 12.9. The van der Waals surface area contributed by atoms with Crippen LogP contribution in [-0.2, 0) is 5.75 Å². The minimum Gasteiger partial charge on any atom is -0.451 e. The summed E-state index contributed by atoms with van der Waals surface area (Å²) in [5, 5.41) is 4.73. The zero-order valence-electron chi connectivity index (χ0n) is 19.8. The van der Waals surface area contributed by atoms with Crippen LogP contribution in [0.4, 0.5) is 5.69 Å². The largest absolute Gasteiger partial charge is 0.451 e. The monoisotopic (exact) mass is 487 g/mol. The third kappa shape index (κ3) is 5.49. The molecule has 7 nitrogen and oxygen atoms in total. The molecule has 0 bridgehead atoms. The molecule has 1 N–H and O–H groups in total. The van der Waals surface area contributed by atoms with E-state index in [9.17, 15) is 4.79 Å². The molecule has 35 heavy (non-hydrogen) atoms. The molecule has 0 spiro atoms. The molecule has 1 aliphatic rings. The summed E-state index contributed by atoms with van der Waals surface area (Å²) in [7, 11) is 0. The second-order valence-electron chi connectivity index (χ2n) is 8.64. The Hall–Kier alpha value is -3.36. The van der Waals surface area contributed by atoms with E-state index in [1.54, 1.807) is 18.5 Å². The second-order valence-corrected chi connectivity index (χ2v) is 9.59. The van der Waals surface area contributed by atoms with E-state index in [1.807, 2.05) is 30.3 Å². The summed E-state index contributed by atoms with van der Waals surface area (Å²) in [6.07, 6.45) is 3.44. The zero-order chi connectivity index (χ0) is 24.0. The third-order valence-corrected chi connectivity index (χ3v) is 7.31. The third-order valence-electron chi connectivity index (χ3n) is 6.41. The van der Waals surface area contributed by atoms with Crippen LogP contribution < -0.4 is 10.2 Å². The number of nitrogens with one attached hydrogen (secondary N) is 1. The van der Waals surface area contributed by atoms with Crippen molar-refractivity contribution in [3.8, 4) is 0 Å². The number of rotatable bonds is 8. The van der Waals surface area contributed by atoms with Gasteiger partial charge in [-0.15, -0.1) is 0 Å². The quantitative estimate of drug-likeness (QED) is 0.291. The Morgan fingerprint density at radius 1 is 1.00 bits per heavy atom. The van der Waals surface area contributed by atoms with Crippen LogP contribution in [-0.4, -0.2) is 59.5 Å². The van der Waals surface area contributed by atoms with Crippen molar-refractivity contribution in [1.29, 1.82) is 0 Å². The lowest BCUT2D eigenvalue weighted by atomic mass is 10.1. The van der Waals surface area contributed by atoms with Crippen LogP contribution in [0, 0.1) is 0 Å². The van der Waals surface area contributed by atoms with Crippen LogP contribution in [0.15, 0.2) is 82.6 Å². The van der Waals surface area contributed by atoms with Crippen LogP contribution in [0.25, 0.3) is 11.0 Å². The molecule has 4 aromatic rings. The van der Waals surface area contributed by atoms with Crippen molar-refractivity contribution in [2.75, 3.05) is 37.6 Å². The Bertz CT molecular complexity index is 1260. The Labute approximate surface area is 209 Å². The number of anilines is 1. The number of carbonyl (C=O) groups is 1. The highest BCUT2D eigenvalue weighted by atomic mass is 32.2. The molecular weight excluding hydrogens is 458 g/mol. The van der Waals surface area contributed by atoms with Crippen molar-refractivity contribution in [2.45, 2.75) is 23.9 Å². The summed E-state index contributed by atoms with van der Waals surface area (Å²) in [5.41, 5.74) is 2.86. The molecule has 5 rings (SSSR count). The van der Waals surface area contributed by atoms with Crippen LogP contribution in [0.1, 0.15) is 23.0 Å². The van der Waals surface area contributed by atoms with Gasteiger partial charge in [0.15, 0.2) is 10.9 Å². The van der Waals surface area contributed by atoms with E-state index in [0.717, 1.165) is 37.1 Å². The van der Waals surface area contributed by atoms with E-state index in [2.05, 4.69) is 56.3 Å². The maximum atomic E-state index is 13.2. The Morgan fingerprint density at radius 2 is 1.71 bits per heavy atom. The SMILES string of the molecule is CC(CNC(=O)c1oc2ccccc2c1CSc1ncccn1)N1CCN(c2ccccc2)CC1. The van der Waals surface area contributed by atoms with E-state index in [1.165, 1.54) is 17.4 Å². The average molecular weight is 488 g/mol. The lowest BCUT2D eigenvalue weighted by Crippen LogP contribution is -2.52. The number of benzene rings is 2. The number of para-hydroxylation sites is 2. The summed E-state index contributed by atoms with van der Waals surface area (Å²) in [4.78, 5) is 26.6. The molecule has 3 heterocycles. The van der Waals surface area contributed by atoms with Crippen molar-refractivity contribution >= 4 is 34.3 Å². The van der Waals surface area contributed by atoms with Crippen molar-refractivity contribution < 1.29 is 9.21 Å². The molecule has 8 heteroatoms.